The predicted molar refractivity (Wildman–Crippen MR) is 110 cm³/mol. The Labute approximate surface area is 171 Å². The number of carbonyl (C=O) groups is 2. The van der Waals surface area contributed by atoms with Crippen LogP contribution in [-0.2, 0) is 27.2 Å². The van der Waals surface area contributed by atoms with E-state index in [-0.39, 0.29) is 11.8 Å². The molecule has 28 heavy (non-hydrogen) atoms. The number of amides is 2. The summed E-state index contributed by atoms with van der Waals surface area (Å²) in [6.07, 6.45) is 3.60. The SMILES string of the molecule is O=C(CSc1ccc2c(c1)CCC2)N1CCN(C(=O)CN2CCOCC2)CC1. The lowest BCUT2D eigenvalue weighted by atomic mass is 10.1. The molecule has 4 rings (SSSR count). The third kappa shape index (κ3) is 4.88. The van der Waals surface area contributed by atoms with E-state index in [4.69, 9.17) is 4.74 Å². The standard InChI is InChI=1S/C21H29N3O3S/c25-20(15-22-10-12-27-13-11-22)23-6-8-24(9-7-23)21(26)16-28-19-5-4-17-2-1-3-18(17)14-19/h4-5,14H,1-3,6-13,15-16H2. The van der Waals surface area contributed by atoms with Gasteiger partial charge in [-0.3, -0.25) is 14.5 Å². The van der Waals surface area contributed by atoms with Gasteiger partial charge in [-0.25, -0.2) is 0 Å². The number of fused-ring (bicyclic) bond motifs is 1. The molecule has 0 radical (unpaired) electrons. The van der Waals surface area contributed by atoms with E-state index in [1.165, 1.54) is 28.9 Å². The maximum atomic E-state index is 12.6. The largest absolute Gasteiger partial charge is 0.379 e. The van der Waals surface area contributed by atoms with Crippen LogP contribution in [0.4, 0.5) is 0 Å². The van der Waals surface area contributed by atoms with Crippen molar-refractivity contribution in [1.29, 1.82) is 0 Å². The Morgan fingerprint density at radius 2 is 1.57 bits per heavy atom. The predicted octanol–water partition coefficient (Wildman–Crippen LogP) is 1.27. The Balaban J connectivity index is 1.20. The van der Waals surface area contributed by atoms with Crippen molar-refractivity contribution in [3.63, 3.8) is 0 Å². The zero-order valence-corrected chi connectivity index (χ0v) is 17.2. The summed E-state index contributed by atoms with van der Waals surface area (Å²) in [5, 5.41) is 0. The van der Waals surface area contributed by atoms with Crippen molar-refractivity contribution in [2.45, 2.75) is 24.2 Å². The number of nitrogens with zero attached hydrogens (tertiary/aromatic N) is 3. The van der Waals surface area contributed by atoms with Gasteiger partial charge in [-0.1, -0.05) is 6.07 Å². The molecule has 1 aromatic carbocycles. The summed E-state index contributed by atoms with van der Waals surface area (Å²) in [7, 11) is 0. The molecule has 3 aliphatic rings. The van der Waals surface area contributed by atoms with Crippen molar-refractivity contribution >= 4 is 23.6 Å². The summed E-state index contributed by atoms with van der Waals surface area (Å²) in [5.41, 5.74) is 2.92. The van der Waals surface area contributed by atoms with Crippen LogP contribution < -0.4 is 0 Å². The number of piperazine rings is 1. The molecular weight excluding hydrogens is 374 g/mol. The Bertz CT molecular complexity index is 713. The van der Waals surface area contributed by atoms with Crippen LogP contribution in [0.1, 0.15) is 17.5 Å². The highest BCUT2D eigenvalue weighted by Crippen LogP contribution is 2.27. The van der Waals surface area contributed by atoms with Gasteiger partial charge in [-0.05, 0) is 42.5 Å². The number of carbonyl (C=O) groups excluding carboxylic acids is 2. The lowest BCUT2D eigenvalue weighted by molar-refractivity contribution is -0.139. The van der Waals surface area contributed by atoms with E-state index in [1.54, 1.807) is 11.8 Å². The second kappa shape index (κ2) is 9.29. The molecule has 2 aliphatic heterocycles. The minimum atomic E-state index is 0.168. The van der Waals surface area contributed by atoms with Crippen LogP contribution in [0.15, 0.2) is 23.1 Å². The van der Waals surface area contributed by atoms with E-state index >= 15 is 0 Å². The van der Waals surface area contributed by atoms with Gasteiger partial charge in [-0.2, -0.15) is 0 Å². The monoisotopic (exact) mass is 403 g/mol. The van der Waals surface area contributed by atoms with Crippen molar-refractivity contribution in [1.82, 2.24) is 14.7 Å². The fourth-order valence-corrected chi connectivity index (χ4v) is 4.99. The lowest BCUT2D eigenvalue weighted by Gasteiger charge is -2.36. The van der Waals surface area contributed by atoms with Crippen molar-refractivity contribution in [2.24, 2.45) is 0 Å². The normalized spacial score (nSPS) is 20.3. The van der Waals surface area contributed by atoms with Gasteiger partial charge in [0.1, 0.15) is 0 Å². The van der Waals surface area contributed by atoms with Gasteiger partial charge in [0.25, 0.3) is 0 Å². The number of thioether (sulfide) groups is 1. The van der Waals surface area contributed by atoms with Crippen LogP contribution in [0, 0.1) is 0 Å². The second-order valence-corrected chi connectivity index (χ2v) is 8.77. The topological polar surface area (TPSA) is 53.1 Å². The zero-order valence-electron chi connectivity index (χ0n) is 16.4. The minimum Gasteiger partial charge on any atom is -0.379 e. The van der Waals surface area contributed by atoms with Gasteiger partial charge in [0.15, 0.2) is 0 Å². The first-order valence-electron chi connectivity index (χ1n) is 10.3. The van der Waals surface area contributed by atoms with Crippen LogP contribution in [-0.4, -0.2) is 91.3 Å². The first-order valence-corrected chi connectivity index (χ1v) is 11.3. The molecule has 152 valence electrons. The van der Waals surface area contributed by atoms with Crippen LogP contribution >= 0.6 is 11.8 Å². The summed E-state index contributed by atoms with van der Waals surface area (Å²) in [4.78, 5) is 32.2. The molecule has 0 atom stereocenters. The molecule has 2 heterocycles. The zero-order chi connectivity index (χ0) is 19.3. The third-order valence-electron chi connectivity index (χ3n) is 5.88. The summed E-state index contributed by atoms with van der Waals surface area (Å²) >= 11 is 1.63. The first-order chi connectivity index (χ1) is 13.7. The van der Waals surface area contributed by atoms with Crippen molar-refractivity contribution < 1.29 is 14.3 Å². The van der Waals surface area contributed by atoms with Gasteiger partial charge < -0.3 is 14.5 Å². The van der Waals surface area contributed by atoms with Crippen molar-refractivity contribution in [3.05, 3.63) is 29.3 Å². The molecule has 0 unspecified atom stereocenters. The number of hydrogen-bond acceptors (Lipinski definition) is 5. The molecule has 1 aliphatic carbocycles. The fraction of sp³-hybridized carbons (Fsp3) is 0.619. The highest BCUT2D eigenvalue weighted by Gasteiger charge is 2.25. The van der Waals surface area contributed by atoms with Gasteiger partial charge in [-0.15, -0.1) is 11.8 Å². The highest BCUT2D eigenvalue weighted by atomic mass is 32.2. The Morgan fingerprint density at radius 3 is 2.32 bits per heavy atom. The summed E-state index contributed by atoms with van der Waals surface area (Å²) in [6.45, 7) is 6.07. The molecule has 1 aromatic rings. The molecule has 2 fully saturated rings. The van der Waals surface area contributed by atoms with Gasteiger partial charge in [0.2, 0.25) is 11.8 Å². The molecule has 0 aromatic heterocycles. The molecule has 0 saturated carbocycles. The minimum absolute atomic E-state index is 0.168. The first kappa shape index (κ1) is 19.7. The highest BCUT2D eigenvalue weighted by molar-refractivity contribution is 8.00. The fourth-order valence-electron chi connectivity index (χ4n) is 4.13. The summed E-state index contributed by atoms with van der Waals surface area (Å²) in [6, 6.07) is 6.61. The van der Waals surface area contributed by atoms with E-state index < -0.39 is 0 Å². The molecule has 6 nitrogen and oxygen atoms in total. The van der Waals surface area contributed by atoms with E-state index in [0.717, 1.165) is 19.5 Å². The van der Waals surface area contributed by atoms with E-state index in [2.05, 4.69) is 23.1 Å². The van der Waals surface area contributed by atoms with Gasteiger partial charge in [0, 0.05) is 44.2 Å². The Morgan fingerprint density at radius 1 is 0.893 bits per heavy atom. The maximum absolute atomic E-state index is 12.6. The van der Waals surface area contributed by atoms with Crippen LogP contribution in [0.2, 0.25) is 0 Å². The van der Waals surface area contributed by atoms with E-state index in [1.807, 2.05) is 9.80 Å². The molecule has 0 spiro atoms. The van der Waals surface area contributed by atoms with Gasteiger partial charge in [0.05, 0.1) is 25.5 Å². The molecule has 0 bridgehead atoms. The average Bonchev–Trinajstić information content (AvgIpc) is 3.21. The van der Waals surface area contributed by atoms with Crippen molar-refractivity contribution in [2.75, 3.05) is 64.8 Å². The number of morpholine rings is 1. The third-order valence-corrected chi connectivity index (χ3v) is 6.86. The van der Waals surface area contributed by atoms with Gasteiger partial charge >= 0.3 is 0 Å². The molecule has 2 amide bonds. The Kier molecular flexibility index (Phi) is 6.54. The summed E-state index contributed by atoms with van der Waals surface area (Å²) < 4.78 is 5.33. The number of rotatable bonds is 5. The number of ether oxygens (including phenoxy) is 1. The second-order valence-electron chi connectivity index (χ2n) is 7.72. The van der Waals surface area contributed by atoms with Crippen LogP contribution in [0.5, 0.6) is 0 Å². The molecular formula is C21H29N3O3S. The number of aryl methyl sites for hydroxylation is 2. The Hall–Kier alpha value is -1.57. The number of benzene rings is 1. The molecule has 2 saturated heterocycles. The van der Waals surface area contributed by atoms with E-state index in [0.29, 0.717) is 51.7 Å². The molecule has 7 heteroatoms. The quantitative estimate of drug-likeness (QED) is 0.693. The van der Waals surface area contributed by atoms with Crippen LogP contribution in [0.3, 0.4) is 0 Å². The van der Waals surface area contributed by atoms with E-state index in [9.17, 15) is 9.59 Å². The van der Waals surface area contributed by atoms with Crippen molar-refractivity contribution in [3.8, 4) is 0 Å². The molecule has 0 N–H and O–H groups in total. The summed E-state index contributed by atoms with van der Waals surface area (Å²) in [5.74, 6) is 0.813. The smallest absolute Gasteiger partial charge is 0.236 e. The average molecular weight is 404 g/mol. The maximum Gasteiger partial charge on any atom is 0.236 e. The lowest BCUT2D eigenvalue weighted by Crippen LogP contribution is -2.53. The number of hydrogen-bond donors (Lipinski definition) is 0. The van der Waals surface area contributed by atoms with Crippen LogP contribution in [0.25, 0.3) is 0 Å².